The number of benzene rings is 1. The zero-order valence-corrected chi connectivity index (χ0v) is 16.5. The topological polar surface area (TPSA) is 64.1 Å². The molecule has 140 valence electrons. The minimum absolute atomic E-state index is 0.0724. The van der Waals surface area contributed by atoms with E-state index in [-0.39, 0.29) is 11.3 Å². The molecule has 0 bridgehead atoms. The predicted octanol–water partition coefficient (Wildman–Crippen LogP) is 4.31. The minimum Gasteiger partial charge on any atom is -0.475 e. The third-order valence-electron chi connectivity index (χ3n) is 4.06. The summed E-state index contributed by atoms with van der Waals surface area (Å²) in [5.74, 6) is 0.331. The molecule has 6 heteroatoms. The standard InChI is InChI=1S/C21H23N3O2S/c1-21(2,3)16-8-6-15(7-9-16)20(25)22-12-13-26-19-11-10-17(23-24-19)18-5-4-14-27-18/h4-11,14H,12-13H2,1-3H3,(H,22,25). The van der Waals surface area contributed by atoms with Crippen molar-refractivity contribution in [1.82, 2.24) is 15.5 Å². The first-order valence-corrected chi connectivity index (χ1v) is 9.70. The van der Waals surface area contributed by atoms with E-state index in [0.29, 0.717) is 24.6 Å². The quantitative estimate of drug-likeness (QED) is 0.646. The van der Waals surface area contributed by atoms with Gasteiger partial charge >= 0.3 is 0 Å². The molecule has 3 aromatic rings. The normalized spacial score (nSPS) is 11.2. The van der Waals surface area contributed by atoms with Crippen molar-refractivity contribution in [2.24, 2.45) is 0 Å². The fourth-order valence-corrected chi connectivity index (χ4v) is 3.19. The van der Waals surface area contributed by atoms with Gasteiger partial charge in [0.05, 0.1) is 11.4 Å². The van der Waals surface area contributed by atoms with Crippen molar-refractivity contribution in [3.8, 4) is 16.5 Å². The first-order chi connectivity index (χ1) is 12.9. The summed E-state index contributed by atoms with van der Waals surface area (Å²) in [6, 6.07) is 15.3. The van der Waals surface area contributed by atoms with Crippen LogP contribution in [-0.2, 0) is 5.41 Å². The molecular formula is C21H23N3O2S. The molecule has 0 atom stereocenters. The van der Waals surface area contributed by atoms with Gasteiger partial charge in [-0.25, -0.2) is 0 Å². The molecule has 0 aliphatic carbocycles. The van der Waals surface area contributed by atoms with Gasteiger partial charge in [-0.05, 0) is 40.6 Å². The Morgan fingerprint density at radius 1 is 1.07 bits per heavy atom. The van der Waals surface area contributed by atoms with E-state index in [9.17, 15) is 4.79 Å². The van der Waals surface area contributed by atoms with Gasteiger partial charge in [-0.2, -0.15) is 0 Å². The molecular weight excluding hydrogens is 358 g/mol. The van der Waals surface area contributed by atoms with Crippen LogP contribution in [0.3, 0.4) is 0 Å². The van der Waals surface area contributed by atoms with Crippen molar-refractivity contribution in [1.29, 1.82) is 0 Å². The molecule has 0 saturated carbocycles. The molecule has 0 spiro atoms. The van der Waals surface area contributed by atoms with E-state index in [2.05, 4.69) is 36.3 Å². The van der Waals surface area contributed by atoms with E-state index in [1.165, 1.54) is 5.56 Å². The van der Waals surface area contributed by atoms with Crippen LogP contribution in [0.2, 0.25) is 0 Å². The molecule has 1 N–H and O–H groups in total. The second-order valence-corrected chi connectivity index (χ2v) is 8.11. The molecule has 0 saturated heterocycles. The van der Waals surface area contributed by atoms with Crippen molar-refractivity contribution in [3.63, 3.8) is 0 Å². The molecule has 3 rings (SSSR count). The highest BCUT2D eigenvalue weighted by atomic mass is 32.1. The number of carbonyl (C=O) groups is 1. The van der Waals surface area contributed by atoms with Crippen LogP contribution in [0.4, 0.5) is 0 Å². The van der Waals surface area contributed by atoms with Gasteiger partial charge in [0, 0.05) is 11.6 Å². The van der Waals surface area contributed by atoms with Gasteiger partial charge in [0.15, 0.2) is 0 Å². The molecule has 0 aliphatic rings. The number of nitrogens with one attached hydrogen (secondary N) is 1. The number of ether oxygens (including phenoxy) is 1. The van der Waals surface area contributed by atoms with Gasteiger partial charge in [-0.1, -0.05) is 39.0 Å². The smallest absolute Gasteiger partial charge is 0.251 e. The highest BCUT2D eigenvalue weighted by Crippen LogP contribution is 2.23. The maximum absolute atomic E-state index is 12.2. The third-order valence-corrected chi connectivity index (χ3v) is 4.96. The average Bonchev–Trinajstić information content (AvgIpc) is 3.20. The Balaban J connectivity index is 1.45. The maximum Gasteiger partial charge on any atom is 0.251 e. The van der Waals surface area contributed by atoms with Gasteiger partial charge in [0.1, 0.15) is 12.3 Å². The van der Waals surface area contributed by atoms with E-state index in [1.807, 2.05) is 47.8 Å². The van der Waals surface area contributed by atoms with E-state index in [4.69, 9.17) is 4.74 Å². The minimum atomic E-state index is -0.113. The number of hydrogen-bond donors (Lipinski definition) is 1. The van der Waals surface area contributed by atoms with Crippen molar-refractivity contribution in [2.75, 3.05) is 13.2 Å². The molecule has 2 heterocycles. The van der Waals surface area contributed by atoms with Gasteiger partial charge in [-0.3, -0.25) is 4.79 Å². The molecule has 1 amide bonds. The summed E-state index contributed by atoms with van der Waals surface area (Å²) in [7, 11) is 0. The Labute approximate surface area is 163 Å². The number of aromatic nitrogens is 2. The summed E-state index contributed by atoms with van der Waals surface area (Å²) in [5.41, 5.74) is 2.74. The van der Waals surface area contributed by atoms with Gasteiger partial charge in [0.25, 0.3) is 5.91 Å². The van der Waals surface area contributed by atoms with Crippen molar-refractivity contribution in [2.45, 2.75) is 26.2 Å². The van der Waals surface area contributed by atoms with Crippen LogP contribution >= 0.6 is 11.3 Å². The lowest BCUT2D eigenvalue weighted by Crippen LogP contribution is -2.28. The Kier molecular flexibility index (Phi) is 5.86. The Hall–Kier alpha value is -2.73. The molecule has 0 aliphatic heterocycles. The fraction of sp³-hybridized carbons (Fsp3) is 0.286. The molecule has 0 fully saturated rings. The van der Waals surface area contributed by atoms with Crippen LogP contribution in [0, 0.1) is 0 Å². The molecule has 2 aromatic heterocycles. The highest BCUT2D eigenvalue weighted by Gasteiger charge is 2.14. The lowest BCUT2D eigenvalue weighted by molar-refractivity contribution is 0.0946. The first-order valence-electron chi connectivity index (χ1n) is 8.82. The maximum atomic E-state index is 12.2. The summed E-state index contributed by atoms with van der Waals surface area (Å²) in [5, 5.41) is 13.1. The van der Waals surface area contributed by atoms with Crippen LogP contribution in [0.1, 0.15) is 36.7 Å². The Morgan fingerprint density at radius 2 is 1.85 bits per heavy atom. The van der Waals surface area contributed by atoms with Crippen LogP contribution in [0.15, 0.2) is 53.9 Å². The average molecular weight is 382 g/mol. The lowest BCUT2D eigenvalue weighted by atomic mass is 9.87. The van der Waals surface area contributed by atoms with Crippen LogP contribution < -0.4 is 10.1 Å². The zero-order valence-electron chi connectivity index (χ0n) is 15.7. The second kappa shape index (κ2) is 8.31. The summed E-state index contributed by atoms with van der Waals surface area (Å²) in [6.45, 7) is 7.17. The summed E-state index contributed by atoms with van der Waals surface area (Å²) >= 11 is 1.62. The molecule has 5 nitrogen and oxygen atoms in total. The van der Waals surface area contributed by atoms with E-state index in [0.717, 1.165) is 10.6 Å². The highest BCUT2D eigenvalue weighted by molar-refractivity contribution is 7.13. The van der Waals surface area contributed by atoms with Gasteiger partial charge in [0.2, 0.25) is 5.88 Å². The number of rotatable bonds is 6. The first kappa shape index (κ1) is 19.0. The number of carbonyl (C=O) groups excluding carboxylic acids is 1. The number of hydrogen-bond acceptors (Lipinski definition) is 5. The zero-order chi connectivity index (χ0) is 19.3. The van der Waals surface area contributed by atoms with Gasteiger partial charge < -0.3 is 10.1 Å². The van der Waals surface area contributed by atoms with E-state index in [1.54, 1.807) is 17.4 Å². The number of thiophene rings is 1. The lowest BCUT2D eigenvalue weighted by Gasteiger charge is -2.19. The Morgan fingerprint density at radius 3 is 2.44 bits per heavy atom. The van der Waals surface area contributed by atoms with E-state index < -0.39 is 0 Å². The molecule has 27 heavy (non-hydrogen) atoms. The fourth-order valence-electron chi connectivity index (χ4n) is 2.50. The summed E-state index contributed by atoms with van der Waals surface area (Å²) in [4.78, 5) is 13.3. The summed E-state index contributed by atoms with van der Waals surface area (Å²) < 4.78 is 5.54. The predicted molar refractivity (Wildman–Crippen MR) is 108 cm³/mol. The SMILES string of the molecule is CC(C)(C)c1ccc(C(=O)NCCOc2ccc(-c3cccs3)nn2)cc1. The van der Waals surface area contributed by atoms with Crippen molar-refractivity contribution < 1.29 is 9.53 Å². The third kappa shape index (κ3) is 5.14. The summed E-state index contributed by atoms with van der Waals surface area (Å²) in [6.07, 6.45) is 0. The molecule has 0 radical (unpaired) electrons. The number of amides is 1. The Bertz CT molecular complexity index is 867. The van der Waals surface area contributed by atoms with Crippen LogP contribution in [0.5, 0.6) is 5.88 Å². The monoisotopic (exact) mass is 381 g/mol. The second-order valence-electron chi connectivity index (χ2n) is 7.17. The van der Waals surface area contributed by atoms with E-state index >= 15 is 0 Å². The van der Waals surface area contributed by atoms with Gasteiger partial charge in [-0.15, -0.1) is 21.5 Å². The molecule has 1 aromatic carbocycles. The van der Waals surface area contributed by atoms with Crippen molar-refractivity contribution in [3.05, 3.63) is 65.0 Å². The number of nitrogens with zero attached hydrogens (tertiary/aromatic N) is 2. The molecule has 0 unspecified atom stereocenters. The largest absolute Gasteiger partial charge is 0.475 e. The van der Waals surface area contributed by atoms with Crippen LogP contribution in [0.25, 0.3) is 10.6 Å². The van der Waals surface area contributed by atoms with Crippen molar-refractivity contribution >= 4 is 17.2 Å². The van der Waals surface area contributed by atoms with Crippen LogP contribution in [-0.4, -0.2) is 29.3 Å².